The first-order valence-electron chi connectivity index (χ1n) is 4.71. The molecule has 0 amide bonds. The van der Waals surface area contributed by atoms with Crippen molar-refractivity contribution in [1.29, 1.82) is 0 Å². The Morgan fingerprint density at radius 1 is 1.62 bits per heavy atom. The van der Waals surface area contributed by atoms with Gasteiger partial charge >= 0.3 is 0 Å². The summed E-state index contributed by atoms with van der Waals surface area (Å²) in [7, 11) is 1.90. The van der Waals surface area contributed by atoms with E-state index >= 15 is 0 Å². The van der Waals surface area contributed by atoms with E-state index in [1.807, 2.05) is 7.05 Å². The van der Waals surface area contributed by atoms with Gasteiger partial charge in [0.2, 0.25) is 0 Å². The molecule has 4 heteroatoms. The molecule has 0 saturated heterocycles. The van der Waals surface area contributed by atoms with Crippen LogP contribution in [0.1, 0.15) is 26.7 Å². The number of aryl methyl sites for hydroxylation is 1. The van der Waals surface area contributed by atoms with E-state index in [0.717, 1.165) is 5.82 Å². The summed E-state index contributed by atoms with van der Waals surface area (Å²) in [6.45, 7) is 4.58. The molecule has 0 aliphatic heterocycles. The Morgan fingerprint density at radius 2 is 2.38 bits per heavy atom. The molecule has 1 heterocycles. The Hall–Kier alpha value is -1.06. The first-order chi connectivity index (χ1) is 6.09. The van der Waals surface area contributed by atoms with Gasteiger partial charge in [-0.15, -0.1) is 5.10 Å². The maximum absolute atomic E-state index is 3.88. The molecule has 1 saturated carbocycles. The summed E-state index contributed by atoms with van der Waals surface area (Å²) in [4.78, 5) is 0. The minimum Gasteiger partial charge on any atom is -0.366 e. The number of aromatic nitrogens is 3. The van der Waals surface area contributed by atoms with E-state index in [9.17, 15) is 0 Å². The molecule has 72 valence electrons. The second-order valence-corrected chi connectivity index (χ2v) is 4.47. The first-order valence-corrected chi connectivity index (χ1v) is 4.71. The van der Waals surface area contributed by atoms with Crippen molar-refractivity contribution in [3.63, 3.8) is 0 Å². The lowest BCUT2D eigenvalue weighted by atomic mass is 9.67. The van der Waals surface area contributed by atoms with Gasteiger partial charge in [0.05, 0.1) is 6.20 Å². The average molecular weight is 180 g/mol. The molecule has 1 atom stereocenters. The minimum atomic E-state index is 0.421. The van der Waals surface area contributed by atoms with E-state index in [-0.39, 0.29) is 0 Å². The molecule has 0 bridgehead atoms. The fraction of sp³-hybridized carbons (Fsp3) is 0.778. The summed E-state index contributed by atoms with van der Waals surface area (Å²) in [5.74, 6) is 1.01. The Labute approximate surface area is 78.3 Å². The molecule has 1 unspecified atom stereocenters. The van der Waals surface area contributed by atoms with Crippen molar-refractivity contribution in [2.24, 2.45) is 12.5 Å². The lowest BCUT2D eigenvalue weighted by Crippen LogP contribution is -2.45. The van der Waals surface area contributed by atoms with Gasteiger partial charge in [-0.3, -0.25) is 0 Å². The van der Waals surface area contributed by atoms with Gasteiger partial charge in [-0.1, -0.05) is 19.1 Å². The van der Waals surface area contributed by atoms with Crippen molar-refractivity contribution in [1.82, 2.24) is 15.0 Å². The topological polar surface area (TPSA) is 42.7 Å². The molecule has 1 aromatic rings. The van der Waals surface area contributed by atoms with Crippen molar-refractivity contribution >= 4 is 5.82 Å². The van der Waals surface area contributed by atoms with Gasteiger partial charge in [0.15, 0.2) is 0 Å². The van der Waals surface area contributed by atoms with Crippen LogP contribution in [-0.4, -0.2) is 21.0 Å². The Balaban J connectivity index is 2.03. The number of hydrogen-bond acceptors (Lipinski definition) is 3. The monoisotopic (exact) mass is 180 g/mol. The quantitative estimate of drug-likeness (QED) is 0.748. The van der Waals surface area contributed by atoms with E-state index in [4.69, 9.17) is 0 Å². The molecule has 1 aliphatic rings. The third-order valence-corrected chi connectivity index (χ3v) is 3.06. The van der Waals surface area contributed by atoms with Crippen LogP contribution >= 0.6 is 0 Å². The number of nitrogens with one attached hydrogen (secondary N) is 1. The van der Waals surface area contributed by atoms with Crippen LogP contribution in [0.25, 0.3) is 0 Å². The van der Waals surface area contributed by atoms with Gasteiger partial charge in [-0.2, -0.15) is 0 Å². The Morgan fingerprint density at radius 3 is 2.77 bits per heavy atom. The second kappa shape index (κ2) is 2.72. The van der Waals surface area contributed by atoms with Crippen LogP contribution < -0.4 is 5.32 Å². The van der Waals surface area contributed by atoms with Gasteiger partial charge in [-0.05, 0) is 18.3 Å². The minimum absolute atomic E-state index is 0.421. The standard InChI is InChI=1S/C9H16N4/c1-9(2)5-4-7(9)11-8-6-10-12-13(8)3/h6-7,11H,4-5H2,1-3H3. The fourth-order valence-electron chi connectivity index (χ4n) is 1.73. The highest BCUT2D eigenvalue weighted by Gasteiger charge is 2.38. The number of nitrogens with zero attached hydrogens (tertiary/aromatic N) is 3. The summed E-state index contributed by atoms with van der Waals surface area (Å²) >= 11 is 0. The van der Waals surface area contributed by atoms with Crippen LogP contribution in [0.2, 0.25) is 0 Å². The molecule has 0 aromatic carbocycles. The molecule has 1 aromatic heterocycles. The van der Waals surface area contributed by atoms with Crippen molar-refractivity contribution in [2.45, 2.75) is 32.7 Å². The molecule has 13 heavy (non-hydrogen) atoms. The number of rotatable bonds is 2. The maximum Gasteiger partial charge on any atom is 0.144 e. The van der Waals surface area contributed by atoms with Crippen LogP contribution in [0, 0.1) is 5.41 Å². The molecule has 1 aliphatic carbocycles. The van der Waals surface area contributed by atoms with E-state index in [1.165, 1.54) is 12.8 Å². The molecule has 2 rings (SSSR count). The zero-order valence-electron chi connectivity index (χ0n) is 8.41. The third-order valence-electron chi connectivity index (χ3n) is 3.06. The number of hydrogen-bond donors (Lipinski definition) is 1. The highest BCUT2D eigenvalue weighted by molar-refractivity contribution is 5.34. The summed E-state index contributed by atoms with van der Waals surface area (Å²) in [6, 6.07) is 0.574. The highest BCUT2D eigenvalue weighted by atomic mass is 15.4. The third kappa shape index (κ3) is 1.41. The van der Waals surface area contributed by atoms with Crippen LogP contribution in [-0.2, 0) is 7.05 Å². The zero-order chi connectivity index (χ0) is 9.47. The van der Waals surface area contributed by atoms with Crippen molar-refractivity contribution in [2.75, 3.05) is 5.32 Å². The van der Waals surface area contributed by atoms with Gasteiger partial charge in [0.1, 0.15) is 5.82 Å². The largest absolute Gasteiger partial charge is 0.366 e. The predicted octanol–water partition coefficient (Wildman–Crippen LogP) is 1.42. The van der Waals surface area contributed by atoms with E-state index in [0.29, 0.717) is 11.5 Å². The molecule has 0 spiro atoms. The zero-order valence-corrected chi connectivity index (χ0v) is 8.41. The van der Waals surface area contributed by atoms with E-state index in [1.54, 1.807) is 10.9 Å². The van der Waals surface area contributed by atoms with Gasteiger partial charge in [-0.25, -0.2) is 4.68 Å². The first kappa shape index (κ1) is 8.53. The van der Waals surface area contributed by atoms with Gasteiger partial charge in [0.25, 0.3) is 0 Å². The fourth-order valence-corrected chi connectivity index (χ4v) is 1.73. The molecule has 4 nitrogen and oxygen atoms in total. The Bertz CT molecular complexity index is 302. The highest BCUT2D eigenvalue weighted by Crippen LogP contribution is 2.41. The van der Waals surface area contributed by atoms with Crippen LogP contribution in [0.4, 0.5) is 5.82 Å². The van der Waals surface area contributed by atoms with Crippen LogP contribution in [0.15, 0.2) is 6.20 Å². The van der Waals surface area contributed by atoms with Crippen LogP contribution in [0.3, 0.4) is 0 Å². The molecular weight excluding hydrogens is 164 g/mol. The summed E-state index contributed by atoms with van der Waals surface area (Å²) in [5, 5.41) is 11.2. The average Bonchev–Trinajstić information content (AvgIpc) is 2.45. The van der Waals surface area contributed by atoms with Gasteiger partial charge in [0, 0.05) is 13.1 Å². The lowest BCUT2D eigenvalue weighted by Gasteiger charge is -2.45. The molecule has 1 N–H and O–H groups in total. The molecule has 0 radical (unpaired) electrons. The SMILES string of the molecule is Cn1nncc1NC1CCC1(C)C. The molecule has 1 fully saturated rings. The summed E-state index contributed by atoms with van der Waals surface area (Å²) < 4.78 is 1.77. The van der Waals surface area contributed by atoms with Crippen LogP contribution in [0.5, 0.6) is 0 Å². The normalized spacial score (nSPS) is 25.3. The Kier molecular flexibility index (Phi) is 1.78. The van der Waals surface area contributed by atoms with Crippen molar-refractivity contribution < 1.29 is 0 Å². The molecular formula is C9H16N4. The summed E-state index contributed by atoms with van der Waals surface area (Å²) in [6.07, 6.45) is 4.32. The maximum atomic E-state index is 3.88. The van der Waals surface area contributed by atoms with E-state index < -0.39 is 0 Å². The predicted molar refractivity (Wildman–Crippen MR) is 51.4 cm³/mol. The van der Waals surface area contributed by atoms with E-state index in [2.05, 4.69) is 29.5 Å². The van der Waals surface area contributed by atoms with Crippen molar-refractivity contribution in [3.8, 4) is 0 Å². The summed E-state index contributed by atoms with van der Waals surface area (Å²) in [5.41, 5.74) is 0.421. The second-order valence-electron chi connectivity index (χ2n) is 4.47. The lowest BCUT2D eigenvalue weighted by molar-refractivity contribution is 0.159. The number of anilines is 1. The smallest absolute Gasteiger partial charge is 0.144 e. The van der Waals surface area contributed by atoms with Crippen molar-refractivity contribution in [3.05, 3.63) is 6.20 Å². The van der Waals surface area contributed by atoms with Gasteiger partial charge < -0.3 is 5.32 Å².